The van der Waals surface area contributed by atoms with Crippen LogP contribution in [0, 0.1) is 23.7 Å². The van der Waals surface area contributed by atoms with Crippen LogP contribution in [0.25, 0.3) is 0 Å². The molecule has 2 aliphatic rings. The predicted molar refractivity (Wildman–Crippen MR) is 103 cm³/mol. The second-order valence-corrected chi connectivity index (χ2v) is 7.69. The van der Waals surface area contributed by atoms with Gasteiger partial charge in [-0.15, -0.1) is 6.58 Å². The summed E-state index contributed by atoms with van der Waals surface area (Å²) in [4.78, 5) is 0. The Morgan fingerprint density at radius 3 is 2.32 bits per heavy atom. The minimum absolute atomic E-state index is 0.129. The highest BCUT2D eigenvalue weighted by Crippen LogP contribution is 2.35. The van der Waals surface area contributed by atoms with Gasteiger partial charge >= 0.3 is 6.18 Å². The van der Waals surface area contributed by atoms with E-state index in [-0.39, 0.29) is 12.2 Å². The van der Waals surface area contributed by atoms with Crippen LogP contribution in [0.2, 0.25) is 0 Å². The van der Waals surface area contributed by atoms with Crippen molar-refractivity contribution in [1.82, 2.24) is 0 Å². The Morgan fingerprint density at radius 2 is 1.75 bits per heavy atom. The lowest BCUT2D eigenvalue weighted by molar-refractivity contribution is -0.138. The third-order valence-electron chi connectivity index (χ3n) is 5.71. The molecule has 1 saturated heterocycles. The van der Waals surface area contributed by atoms with Crippen LogP contribution in [0.5, 0.6) is 0 Å². The van der Waals surface area contributed by atoms with Crippen molar-refractivity contribution >= 4 is 0 Å². The highest BCUT2D eigenvalue weighted by Gasteiger charge is 2.32. The van der Waals surface area contributed by atoms with Gasteiger partial charge in [0.05, 0.1) is 24.9 Å². The Labute approximate surface area is 165 Å². The quantitative estimate of drug-likeness (QED) is 0.490. The van der Waals surface area contributed by atoms with Gasteiger partial charge in [0, 0.05) is 5.56 Å². The maximum atomic E-state index is 12.6. The number of rotatable bonds is 4. The summed E-state index contributed by atoms with van der Waals surface area (Å²) in [5.41, 5.74) is -0.131. The van der Waals surface area contributed by atoms with Gasteiger partial charge < -0.3 is 9.47 Å². The molecule has 0 radical (unpaired) electrons. The maximum absolute atomic E-state index is 12.6. The van der Waals surface area contributed by atoms with Crippen molar-refractivity contribution in [1.29, 1.82) is 0 Å². The molecule has 0 spiro atoms. The first-order chi connectivity index (χ1) is 13.5. The Bertz CT molecular complexity index is 683. The van der Waals surface area contributed by atoms with E-state index in [9.17, 15) is 13.2 Å². The van der Waals surface area contributed by atoms with Crippen molar-refractivity contribution in [3.8, 4) is 11.8 Å². The molecular weight excluding hydrogens is 365 g/mol. The second kappa shape index (κ2) is 9.62. The average molecular weight is 392 g/mol. The summed E-state index contributed by atoms with van der Waals surface area (Å²) in [5, 5.41) is 0. The molecule has 0 amide bonds. The molecule has 1 aliphatic heterocycles. The van der Waals surface area contributed by atoms with Crippen LogP contribution in [0.4, 0.5) is 13.2 Å². The van der Waals surface area contributed by atoms with Crippen LogP contribution in [0.3, 0.4) is 0 Å². The van der Waals surface area contributed by atoms with E-state index in [2.05, 4.69) is 18.4 Å². The molecular formula is C23H27F3O2. The van der Waals surface area contributed by atoms with E-state index in [1.165, 1.54) is 44.2 Å². The van der Waals surface area contributed by atoms with E-state index in [1.54, 1.807) is 0 Å². The van der Waals surface area contributed by atoms with Crippen molar-refractivity contribution in [3.05, 3.63) is 48.0 Å². The lowest BCUT2D eigenvalue weighted by Gasteiger charge is -2.36. The first-order valence-electron chi connectivity index (χ1n) is 9.98. The second-order valence-electron chi connectivity index (χ2n) is 7.69. The molecule has 0 N–H and O–H groups in total. The number of alkyl halides is 3. The molecule has 28 heavy (non-hydrogen) atoms. The zero-order chi connectivity index (χ0) is 20.0. The van der Waals surface area contributed by atoms with Crippen molar-refractivity contribution in [3.63, 3.8) is 0 Å². The smallest absolute Gasteiger partial charge is 0.372 e. The minimum atomic E-state index is -4.33. The van der Waals surface area contributed by atoms with Crippen molar-refractivity contribution in [2.45, 2.75) is 56.9 Å². The fraction of sp³-hybridized carbons (Fsp3) is 0.565. The Balaban J connectivity index is 1.44. The minimum Gasteiger partial charge on any atom is -0.372 e. The lowest BCUT2D eigenvalue weighted by Crippen LogP contribution is -2.40. The molecule has 1 saturated carbocycles. The van der Waals surface area contributed by atoms with E-state index in [0.29, 0.717) is 24.7 Å². The van der Waals surface area contributed by atoms with Gasteiger partial charge in [-0.2, -0.15) is 13.2 Å². The van der Waals surface area contributed by atoms with Crippen LogP contribution in [0.15, 0.2) is 36.9 Å². The molecule has 1 aromatic carbocycles. The number of halogens is 3. The zero-order valence-corrected chi connectivity index (χ0v) is 16.0. The number of hydrogen-bond donors (Lipinski definition) is 0. The van der Waals surface area contributed by atoms with E-state index >= 15 is 0 Å². The average Bonchev–Trinajstić information content (AvgIpc) is 2.71. The Kier molecular flexibility index (Phi) is 7.20. The number of hydrogen-bond acceptors (Lipinski definition) is 2. The molecule has 2 unspecified atom stereocenters. The first-order valence-corrected chi connectivity index (χ1v) is 9.98. The summed E-state index contributed by atoms with van der Waals surface area (Å²) in [7, 11) is 0. The van der Waals surface area contributed by atoms with Gasteiger partial charge in [0.2, 0.25) is 0 Å². The molecule has 2 nitrogen and oxygen atoms in total. The highest BCUT2D eigenvalue weighted by atomic mass is 19.4. The predicted octanol–water partition coefficient (Wildman–Crippen LogP) is 5.61. The van der Waals surface area contributed by atoms with Crippen molar-refractivity contribution < 1.29 is 22.6 Å². The highest BCUT2D eigenvalue weighted by molar-refractivity contribution is 5.37. The molecule has 3 rings (SSSR count). The normalized spacial score (nSPS) is 28.2. The van der Waals surface area contributed by atoms with Crippen LogP contribution in [0.1, 0.15) is 49.7 Å². The van der Waals surface area contributed by atoms with E-state index in [0.717, 1.165) is 24.5 Å². The number of allylic oxidation sites excluding steroid dienone is 1. The van der Waals surface area contributed by atoms with Gasteiger partial charge in [-0.25, -0.2) is 0 Å². The molecule has 5 heteroatoms. The third-order valence-corrected chi connectivity index (χ3v) is 5.71. The van der Waals surface area contributed by atoms with Crippen LogP contribution >= 0.6 is 0 Å². The third kappa shape index (κ3) is 5.86. The number of benzene rings is 1. The zero-order valence-electron chi connectivity index (χ0n) is 16.0. The fourth-order valence-electron chi connectivity index (χ4n) is 3.98. The molecule has 2 atom stereocenters. The van der Waals surface area contributed by atoms with Crippen LogP contribution in [-0.4, -0.2) is 25.4 Å². The Hall–Kier alpha value is -1.77. The monoisotopic (exact) mass is 392 g/mol. The summed E-state index contributed by atoms with van der Waals surface area (Å²) >= 11 is 0. The van der Waals surface area contributed by atoms with Gasteiger partial charge in [-0.1, -0.05) is 30.8 Å². The summed E-state index contributed by atoms with van der Waals surface area (Å²) < 4.78 is 49.6. The van der Waals surface area contributed by atoms with Gasteiger partial charge in [0.25, 0.3) is 0 Å². The fourth-order valence-corrected chi connectivity index (χ4v) is 3.98. The number of ether oxygens (including phenoxy) is 2. The molecule has 152 valence electrons. The van der Waals surface area contributed by atoms with Gasteiger partial charge in [-0.3, -0.25) is 0 Å². The van der Waals surface area contributed by atoms with Crippen LogP contribution in [-0.2, 0) is 15.7 Å². The molecule has 1 aromatic rings. The maximum Gasteiger partial charge on any atom is 0.416 e. The SMILES string of the molecule is C=CCCC1CCC(C2COC(C#Cc3ccc(C(F)(F)F)cc3)CO2)CC1. The standard InChI is InChI=1S/C23H27F3O2/c1-2-3-4-17-5-10-19(11-6-17)22-16-27-21(15-28-22)14-9-18-7-12-20(13-8-18)23(24,25)26/h2,7-8,12-13,17,19,21-22H,1,3-6,10-11,15-16H2. The van der Waals surface area contributed by atoms with Crippen molar-refractivity contribution in [2.75, 3.05) is 13.2 Å². The molecule has 0 bridgehead atoms. The van der Waals surface area contributed by atoms with Gasteiger partial charge in [0.1, 0.15) is 6.10 Å². The summed E-state index contributed by atoms with van der Waals surface area (Å²) in [6.45, 7) is 4.74. The first kappa shape index (κ1) is 21.0. The largest absolute Gasteiger partial charge is 0.416 e. The molecule has 1 aliphatic carbocycles. The molecule has 1 heterocycles. The van der Waals surface area contributed by atoms with E-state index in [1.807, 2.05) is 6.08 Å². The lowest BCUT2D eigenvalue weighted by atomic mass is 9.77. The summed E-state index contributed by atoms with van der Waals surface area (Å²) in [5.74, 6) is 7.20. The summed E-state index contributed by atoms with van der Waals surface area (Å²) in [6, 6.07) is 4.85. The van der Waals surface area contributed by atoms with Gasteiger partial charge in [-0.05, 0) is 61.8 Å². The molecule has 0 aromatic heterocycles. The van der Waals surface area contributed by atoms with Crippen LogP contribution < -0.4 is 0 Å². The van der Waals surface area contributed by atoms with Crippen molar-refractivity contribution in [2.24, 2.45) is 11.8 Å². The van der Waals surface area contributed by atoms with Gasteiger partial charge in [0.15, 0.2) is 0 Å². The Morgan fingerprint density at radius 1 is 1.04 bits per heavy atom. The molecule has 2 fully saturated rings. The topological polar surface area (TPSA) is 18.5 Å². The van der Waals surface area contributed by atoms with E-state index in [4.69, 9.17) is 9.47 Å². The summed E-state index contributed by atoms with van der Waals surface area (Å²) in [6.07, 6.45) is 4.65. The van der Waals surface area contributed by atoms with E-state index < -0.39 is 11.7 Å².